The molecular weight excluding hydrogens is 338 g/mol. The first-order valence-electron chi connectivity index (χ1n) is 8.67. The fourth-order valence-corrected chi connectivity index (χ4v) is 3.54. The summed E-state index contributed by atoms with van der Waals surface area (Å²) in [4.78, 5) is 12.4. The molecular formula is C16H25N7OS. The lowest BCUT2D eigenvalue weighted by Gasteiger charge is -2.16. The largest absolute Gasteiger partial charge is 0.355 e. The molecule has 2 unspecified atom stereocenters. The molecule has 2 atom stereocenters. The van der Waals surface area contributed by atoms with Crippen molar-refractivity contribution < 1.29 is 4.79 Å². The zero-order valence-corrected chi connectivity index (χ0v) is 16.0. The van der Waals surface area contributed by atoms with E-state index < -0.39 is 0 Å². The van der Waals surface area contributed by atoms with Gasteiger partial charge in [-0.2, -0.15) is 5.10 Å². The number of nitrogens with one attached hydrogen (secondary N) is 1. The van der Waals surface area contributed by atoms with Crippen molar-refractivity contribution in [2.45, 2.75) is 63.5 Å². The Bertz CT molecular complexity index is 737. The van der Waals surface area contributed by atoms with Crippen LogP contribution in [0.2, 0.25) is 0 Å². The minimum atomic E-state index is -0.232. The van der Waals surface area contributed by atoms with E-state index in [2.05, 4.69) is 38.9 Å². The molecule has 0 saturated heterocycles. The van der Waals surface area contributed by atoms with Crippen molar-refractivity contribution in [2.75, 3.05) is 6.54 Å². The number of hydrogen-bond donors (Lipinski definition) is 1. The number of rotatable bonds is 8. The smallest absolute Gasteiger partial charge is 0.233 e. The van der Waals surface area contributed by atoms with Gasteiger partial charge < -0.3 is 5.32 Å². The van der Waals surface area contributed by atoms with Gasteiger partial charge in [-0.15, -0.1) is 5.10 Å². The summed E-state index contributed by atoms with van der Waals surface area (Å²) < 4.78 is 3.83. The summed E-state index contributed by atoms with van der Waals surface area (Å²) in [5.41, 5.74) is 2.17. The average Bonchev–Trinajstić information content (AvgIpc) is 3.22. The molecule has 25 heavy (non-hydrogen) atoms. The van der Waals surface area contributed by atoms with Crippen LogP contribution >= 0.6 is 11.8 Å². The van der Waals surface area contributed by atoms with Gasteiger partial charge in [0.05, 0.1) is 17.0 Å². The number of amides is 1. The number of tetrazole rings is 1. The van der Waals surface area contributed by atoms with Crippen molar-refractivity contribution in [1.82, 2.24) is 35.3 Å². The highest BCUT2D eigenvalue weighted by atomic mass is 32.2. The molecule has 1 N–H and O–H groups in total. The second-order valence-electron chi connectivity index (χ2n) is 6.86. The maximum absolute atomic E-state index is 12.4. The van der Waals surface area contributed by atoms with Crippen LogP contribution in [0.25, 0.3) is 0 Å². The van der Waals surface area contributed by atoms with Crippen molar-refractivity contribution in [3.63, 3.8) is 0 Å². The number of nitrogens with zero attached hydrogens (tertiary/aromatic N) is 6. The second-order valence-corrected chi connectivity index (χ2v) is 8.16. The molecule has 9 heteroatoms. The Hall–Kier alpha value is -1.90. The van der Waals surface area contributed by atoms with E-state index in [1.165, 1.54) is 11.8 Å². The van der Waals surface area contributed by atoms with E-state index in [1.807, 2.05) is 30.1 Å². The van der Waals surface area contributed by atoms with Crippen molar-refractivity contribution >= 4 is 17.7 Å². The first-order valence-corrected chi connectivity index (χ1v) is 9.55. The zero-order chi connectivity index (χ0) is 18.0. The minimum Gasteiger partial charge on any atom is -0.355 e. The van der Waals surface area contributed by atoms with Gasteiger partial charge in [0.25, 0.3) is 0 Å². The van der Waals surface area contributed by atoms with Crippen LogP contribution in [-0.2, 0) is 11.3 Å². The molecule has 1 amide bonds. The summed E-state index contributed by atoms with van der Waals surface area (Å²) in [6.07, 6.45) is 2.23. The number of carbonyl (C=O) groups excluding carboxylic acids is 1. The standard InChI is InChI=1S/C16H25N7OS/c1-10(9-22-12(3)7-11(2)19-22)8-17-15(24)13(4)25-16-18-20-21-23(16)14-5-6-14/h7,10,13-14H,5-6,8-9H2,1-4H3,(H,17,24). The van der Waals surface area contributed by atoms with E-state index in [-0.39, 0.29) is 11.2 Å². The molecule has 1 fully saturated rings. The highest BCUT2D eigenvalue weighted by Gasteiger charge is 2.29. The molecule has 136 valence electrons. The normalized spacial score (nSPS) is 16.6. The Morgan fingerprint density at radius 1 is 1.40 bits per heavy atom. The molecule has 1 aliphatic rings. The first-order chi connectivity index (χ1) is 11.9. The van der Waals surface area contributed by atoms with E-state index in [0.29, 0.717) is 18.5 Å². The predicted octanol–water partition coefficient (Wildman–Crippen LogP) is 1.75. The molecule has 0 aromatic carbocycles. The molecule has 0 spiro atoms. The summed E-state index contributed by atoms with van der Waals surface area (Å²) in [7, 11) is 0. The van der Waals surface area contributed by atoms with E-state index in [0.717, 1.165) is 35.9 Å². The topological polar surface area (TPSA) is 90.5 Å². The van der Waals surface area contributed by atoms with Crippen LogP contribution < -0.4 is 5.32 Å². The fourth-order valence-electron chi connectivity index (χ4n) is 2.66. The molecule has 8 nitrogen and oxygen atoms in total. The Kier molecular flexibility index (Phi) is 5.41. The Balaban J connectivity index is 1.46. The summed E-state index contributed by atoms with van der Waals surface area (Å²) in [6, 6.07) is 2.47. The van der Waals surface area contributed by atoms with Gasteiger partial charge in [-0.25, -0.2) is 4.68 Å². The van der Waals surface area contributed by atoms with E-state index in [1.54, 1.807) is 0 Å². The molecule has 0 bridgehead atoms. The molecule has 2 aromatic rings. The van der Waals surface area contributed by atoms with Gasteiger partial charge in [0, 0.05) is 18.8 Å². The van der Waals surface area contributed by atoms with Crippen LogP contribution in [0.4, 0.5) is 0 Å². The van der Waals surface area contributed by atoms with E-state index >= 15 is 0 Å². The average molecular weight is 363 g/mol. The lowest BCUT2D eigenvalue weighted by atomic mass is 10.2. The molecule has 3 rings (SSSR count). The van der Waals surface area contributed by atoms with Crippen molar-refractivity contribution in [1.29, 1.82) is 0 Å². The van der Waals surface area contributed by atoms with Crippen LogP contribution in [0.15, 0.2) is 11.2 Å². The lowest BCUT2D eigenvalue weighted by molar-refractivity contribution is -0.120. The molecule has 1 aliphatic carbocycles. The van der Waals surface area contributed by atoms with Gasteiger partial charge in [0.15, 0.2) is 0 Å². The minimum absolute atomic E-state index is 0.00978. The molecule has 2 heterocycles. The lowest BCUT2D eigenvalue weighted by Crippen LogP contribution is -2.35. The second kappa shape index (κ2) is 7.55. The third-order valence-corrected chi connectivity index (χ3v) is 5.27. The van der Waals surface area contributed by atoms with Gasteiger partial charge in [-0.05, 0) is 56.0 Å². The zero-order valence-electron chi connectivity index (χ0n) is 15.1. The van der Waals surface area contributed by atoms with Gasteiger partial charge >= 0.3 is 0 Å². The monoisotopic (exact) mass is 363 g/mol. The highest BCUT2D eigenvalue weighted by Crippen LogP contribution is 2.37. The van der Waals surface area contributed by atoms with Crippen molar-refractivity contribution in [2.24, 2.45) is 5.92 Å². The number of thioether (sulfide) groups is 1. The Labute approximate surface area is 151 Å². The third-order valence-electron chi connectivity index (χ3n) is 4.22. The highest BCUT2D eigenvalue weighted by molar-refractivity contribution is 8.00. The fraction of sp³-hybridized carbons (Fsp3) is 0.688. The van der Waals surface area contributed by atoms with Crippen molar-refractivity contribution in [3.05, 3.63) is 17.5 Å². The number of carbonyl (C=O) groups is 1. The number of hydrogen-bond acceptors (Lipinski definition) is 6. The van der Waals surface area contributed by atoms with Crippen LogP contribution in [-0.4, -0.2) is 47.7 Å². The molecule has 0 aliphatic heterocycles. The van der Waals surface area contributed by atoms with Gasteiger partial charge in [0.1, 0.15) is 0 Å². The maximum atomic E-state index is 12.4. The molecule has 0 radical (unpaired) electrons. The summed E-state index contributed by atoms with van der Waals surface area (Å²) in [5, 5.41) is 19.8. The predicted molar refractivity (Wildman–Crippen MR) is 95.3 cm³/mol. The summed E-state index contributed by atoms with van der Waals surface area (Å²) >= 11 is 1.41. The van der Waals surface area contributed by atoms with E-state index in [4.69, 9.17) is 0 Å². The maximum Gasteiger partial charge on any atom is 0.233 e. The summed E-state index contributed by atoms with van der Waals surface area (Å²) in [5.74, 6) is 0.312. The number of aromatic nitrogens is 6. The molecule has 2 aromatic heterocycles. The SMILES string of the molecule is Cc1cc(C)n(CC(C)CNC(=O)C(C)Sc2nnnn2C2CC2)n1. The summed E-state index contributed by atoms with van der Waals surface area (Å²) in [6.45, 7) is 9.45. The van der Waals surface area contributed by atoms with Crippen LogP contribution in [0.3, 0.4) is 0 Å². The third kappa shape index (κ3) is 4.59. The molecule has 1 saturated carbocycles. The Morgan fingerprint density at radius 3 is 2.80 bits per heavy atom. The van der Waals surface area contributed by atoms with Gasteiger partial charge in [-0.3, -0.25) is 9.48 Å². The first kappa shape index (κ1) is 17.9. The van der Waals surface area contributed by atoms with Crippen LogP contribution in [0, 0.1) is 19.8 Å². The van der Waals surface area contributed by atoms with Crippen LogP contribution in [0.5, 0.6) is 0 Å². The van der Waals surface area contributed by atoms with E-state index in [9.17, 15) is 4.79 Å². The number of aryl methyl sites for hydroxylation is 2. The Morgan fingerprint density at radius 2 is 2.16 bits per heavy atom. The van der Waals surface area contributed by atoms with Gasteiger partial charge in [0.2, 0.25) is 11.1 Å². The quantitative estimate of drug-likeness (QED) is 0.719. The van der Waals surface area contributed by atoms with Gasteiger partial charge in [-0.1, -0.05) is 18.7 Å². The van der Waals surface area contributed by atoms with Crippen LogP contribution in [0.1, 0.15) is 44.1 Å². The van der Waals surface area contributed by atoms with Crippen molar-refractivity contribution in [3.8, 4) is 0 Å².